The van der Waals surface area contributed by atoms with E-state index in [-0.39, 0.29) is 17.9 Å². The number of H-pyrrole nitrogens is 1. The van der Waals surface area contributed by atoms with Gasteiger partial charge < -0.3 is 15.7 Å². The van der Waals surface area contributed by atoms with Crippen molar-refractivity contribution >= 4 is 12.0 Å². The molecular formula is C13H20N4O3. The van der Waals surface area contributed by atoms with Crippen LogP contribution < -0.4 is 10.6 Å². The molecule has 7 heteroatoms. The average molecular weight is 280 g/mol. The third-order valence-corrected chi connectivity index (χ3v) is 3.87. The molecule has 1 aliphatic carbocycles. The summed E-state index contributed by atoms with van der Waals surface area (Å²) in [5.74, 6) is -1.05. The Bertz CT molecular complexity index is 486. The number of carbonyl (C=O) groups is 2. The molecule has 2 atom stereocenters. The van der Waals surface area contributed by atoms with Crippen molar-refractivity contribution in [3.8, 4) is 0 Å². The molecule has 1 aromatic rings. The van der Waals surface area contributed by atoms with Gasteiger partial charge in [-0.2, -0.15) is 5.10 Å². The lowest BCUT2D eigenvalue weighted by atomic mass is 9.96. The number of nitrogens with zero attached hydrogens (tertiary/aromatic N) is 1. The van der Waals surface area contributed by atoms with Crippen molar-refractivity contribution in [1.29, 1.82) is 0 Å². The summed E-state index contributed by atoms with van der Waals surface area (Å²) in [6, 6.07) is -0.276. The fourth-order valence-corrected chi connectivity index (χ4v) is 2.62. The Morgan fingerprint density at radius 1 is 1.45 bits per heavy atom. The summed E-state index contributed by atoms with van der Waals surface area (Å²) in [7, 11) is 0. The van der Waals surface area contributed by atoms with Crippen LogP contribution in [0.15, 0.2) is 6.20 Å². The number of rotatable bonds is 5. The van der Waals surface area contributed by atoms with Crippen molar-refractivity contribution in [1.82, 2.24) is 20.8 Å². The van der Waals surface area contributed by atoms with Gasteiger partial charge in [-0.05, 0) is 25.7 Å². The van der Waals surface area contributed by atoms with E-state index in [9.17, 15) is 9.59 Å². The first kappa shape index (κ1) is 14.4. The molecule has 7 nitrogen and oxygen atoms in total. The molecule has 2 unspecified atom stereocenters. The van der Waals surface area contributed by atoms with Crippen molar-refractivity contribution in [3.05, 3.63) is 17.5 Å². The Balaban J connectivity index is 1.72. The molecule has 0 bridgehead atoms. The van der Waals surface area contributed by atoms with E-state index >= 15 is 0 Å². The van der Waals surface area contributed by atoms with Crippen LogP contribution in [0, 0.1) is 18.8 Å². The summed E-state index contributed by atoms with van der Waals surface area (Å²) >= 11 is 0. The number of hydrogen-bond acceptors (Lipinski definition) is 3. The minimum absolute atomic E-state index is 0.0360. The Kier molecular flexibility index (Phi) is 4.60. The molecule has 110 valence electrons. The summed E-state index contributed by atoms with van der Waals surface area (Å²) in [5, 5.41) is 21.2. The van der Waals surface area contributed by atoms with Gasteiger partial charge in [-0.1, -0.05) is 6.42 Å². The van der Waals surface area contributed by atoms with Gasteiger partial charge in [0.05, 0.1) is 12.1 Å². The number of aryl methyl sites for hydroxylation is 1. The predicted octanol–water partition coefficient (Wildman–Crippen LogP) is 1.02. The number of aromatic amines is 1. The quantitative estimate of drug-likeness (QED) is 0.646. The monoisotopic (exact) mass is 280 g/mol. The highest BCUT2D eigenvalue weighted by Gasteiger charge is 2.32. The number of nitrogens with one attached hydrogen (secondary N) is 3. The standard InChI is InChI=1S/C13H20N4O3/c1-8-10(7-16-17-8)6-15-13(20)14-5-9-3-2-4-11(9)12(18)19/h7,9,11H,2-6H2,1H3,(H,16,17)(H,18,19)(H2,14,15,20). The first-order valence-corrected chi connectivity index (χ1v) is 6.81. The van der Waals surface area contributed by atoms with Gasteiger partial charge in [0.2, 0.25) is 0 Å². The topological polar surface area (TPSA) is 107 Å². The number of carbonyl (C=O) groups excluding carboxylic acids is 1. The molecule has 0 aromatic carbocycles. The van der Waals surface area contributed by atoms with Crippen LogP contribution in [-0.4, -0.2) is 33.8 Å². The molecule has 0 saturated heterocycles. The minimum Gasteiger partial charge on any atom is -0.481 e. The zero-order valence-electron chi connectivity index (χ0n) is 11.5. The highest BCUT2D eigenvalue weighted by Crippen LogP contribution is 2.31. The maximum Gasteiger partial charge on any atom is 0.315 e. The summed E-state index contributed by atoms with van der Waals surface area (Å²) < 4.78 is 0. The van der Waals surface area contributed by atoms with Gasteiger partial charge in [-0.3, -0.25) is 9.89 Å². The van der Waals surface area contributed by atoms with Crippen LogP contribution in [0.5, 0.6) is 0 Å². The zero-order valence-corrected chi connectivity index (χ0v) is 11.5. The van der Waals surface area contributed by atoms with E-state index in [0.29, 0.717) is 19.5 Å². The minimum atomic E-state index is -0.760. The predicted molar refractivity (Wildman–Crippen MR) is 72.0 cm³/mol. The Labute approximate surface area is 117 Å². The average Bonchev–Trinajstić information content (AvgIpc) is 3.02. The molecule has 0 spiro atoms. The van der Waals surface area contributed by atoms with Gasteiger partial charge in [0.1, 0.15) is 0 Å². The van der Waals surface area contributed by atoms with E-state index in [0.717, 1.165) is 24.1 Å². The fourth-order valence-electron chi connectivity index (χ4n) is 2.62. The number of urea groups is 1. The molecule has 0 radical (unpaired) electrons. The van der Waals surface area contributed by atoms with Crippen LogP contribution in [0.2, 0.25) is 0 Å². The molecule has 4 N–H and O–H groups in total. The Morgan fingerprint density at radius 2 is 2.25 bits per heavy atom. The molecule has 2 amide bonds. The lowest BCUT2D eigenvalue weighted by molar-refractivity contribution is -0.142. The van der Waals surface area contributed by atoms with Gasteiger partial charge in [-0.25, -0.2) is 4.79 Å². The van der Waals surface area contributed by atoms with Gasteiger partial charge in [0.15, 0.2) is 0 Å². The number of carboxylic acid groups (broad SMARTS) is 1. The SMILES string of the molecule is Cc1[nH]ncc1CNC(=O)NCC1CCCC1C(=O)O. The van der Waals surface area contributed by atoms with E-state index < -0.39 is 5.97 Å². The van der Waals surface area contributed by atoms with E-state index in [4.69, 9.17) is 5.11 Å². The van der Waals surface area contributed by atoms with Gasteiger partial charge in [0.25, 0.3) is 0 Å². The number of hydrogen-bond donors (Lipinski definition) is 4. The van der Waals surface area contributed by atoms with Crippen LogP contribution >= 0.6 is 0 Å². The number of aromatic nitrogens is 2. The molecule has 1 aliphatic rings. The van der Waals surface area contributed by atoms with Crippen LogP contribution in [0.1, 0.15) is 30.5 Å². The third-order valence-electron chi connectivity index (χ3n) is 3.87. The maximum absolute atomic E-state index is 11.7. The van der Waals surface area contributed by atoms with Gasteiger partial charge >= 0.3 is 12.0 Å². The van der Waals surface area contributed by atoms with Crippen molar-refractivity contribution in [2.45, 2.75) is 32.7 Å². The molecule has 1 heterocycles. The van der Waals surface area contributed by atoms with Gasteiger partial charge in [-0.15, -0.1) is 0 Å². The summed E-state index contributed by atoms with van der Waals surface area (Å²) in [6.45, 7) is 2.70. The second kappa shape index (κ2) is 6.40. The van der Waals surface area contributed by atoms with E-state index in [1.807, 2.05) is 6.92 Å². The Morgan fingerprint density at radius 3 is 2.90 bits per heavy atom. The molecule has 1 fully saturated rings. The lowest BCUT2D eigenvalue weighted by Gasteiger charge is -2.16. The van der Waals surface area contributed by atoms with Gasteiger partial charge in [0, 0.05) is 24.3 Å². The second-order valence-corrected chi connectivity index (χ2v) is 5.22. The van der Waals surface area contributed by atoms with Crippen LogP contribution in [-0.2, 0) is 11.3 Å². The third kappa shape index (κ3) is 3.49. The molecular weight excluding hydrogens is 260 g/mol. The van der Waals surface area contributed by atoms with Crippen molar-refractivity contribution in [2.75, 3.05) is 6.54 Å². The lowest BCUT2D eigenvalue weighted by Crippen LogP contribution is -2.39. The Hall–Kier alpha value is -2.05. The van der Waals surface area contributed by atoms with Crippen molar-refractivity contribution in [3.63, 3.8) is 0 Å². The number of amides is 2. The molecule has 0 aliphatic heterocycles. The van der Waals surface area contributed by atoms with E-state index in [1.54, 1.807) is 6.20 Å². The zero-order chi connectivity index (χ0) is 14.5. The van der Waals surface area contributed by atoms with Crippen molar-refractivity contribution in [2.24, 2.45) is 11.8 Å². The highest BCUT2D eigenvalue weighted by molar-refractivity contribution is 5.74. The van der Waals surface area contributed by atoms with E-state index in [2.05, 4.69) is 20.8 Å². The number of carboxylic acids is 1. The summed E-state index contributed by atoms with van der Waals surface area (Å²) in [5.41, 5.74) is 1.86. The number of aliphatic carboxylic acids is 1. The second-order valence-electron chi connectivity index (χ2n) is 5.22. The highest BCUT2D eigenvalue weighted by atomic mass is 16.4. The largest absolute Gasteiger partial charge is 0.481 e. The van der Waals surface area contributed by atoms with Crippen molar-refractivity contribution < 1.29 is 14.7 Å². The fraction of sp³-hybridized carbons (Fsp3) is 0.615. The first-order chi connectivity index (χ1) is 9.58. The van der Waals surface area contributed by atoms with Crippen LogP contribution in [0.25, 0.3) is 0 Å². The molecule has 20 heavy (non-hydrogen) atoms. The summed E-state index contributed by atoms with van der Waals surface area (Å²) in [4.78, 5) is 22.7. The normalized spacial score (nSPS) is 21.6. The van der Waals surface area contributed by atoms with E-state index in [1.165, 1.54) is 0 Å². The summed E-state index contributed by atoms with van der Waals surface area (Å²) in [6.07, 6.45) is 4.15. The first-order valence-electron chi connectivity index (χ1n) is 6.81. The van der Waals surface area contributed by atoms with Crippen LogP contribution in [0.4, 0.5) is 4.79 Å². The maximum atomic E-state index is 11.7. The smallest absolute Gasteiger partial charge is 0.315 e. The molecule has 2 rings (SSSR count). The molecule has 1 saturated carbocycles. The van der Waals surface area contributed by atoms with Crippen LogP contribution in [0.3, 0.4) is 0 Å². The molecule has 1 aromatic heterocycles.